The molecule has 0 saturated heterocycles. The van der Waals surface area contributed by atoms with Crippen LogP contribution in [-0.4, -0.2) is 29.0 Å². The van der Waals surface area contributed by atoms with E-state index in [0.717, 1.165) is 4.68 Å². The van der Waals surface area contributed by atoms with E-state index in [-0.39, 0.29) is 6.61 Å². The summed E-state index contributed by atoms with van der Waals surface area (Å²) in [5.41, 5.74) is 0.327. The molecule has 0 radical (unpaired) electrons. The molecule has 0 unspecified atom stereocenters. The molecule has 0 amide bonds. The molecule has 0 aromatic carbocycles. The maximum atomic E-state index is 12.0. The monoisotopic (exact) mass is 258 g/mol. The lowest BCUT2D eigenvalue weighted by Crippen LogP contribution is -2.12. The summed E-state index contributed by atoms with van der Waals surface area (Å²) < 4.78 is 64.9. The van der Waals surface area contributed by atoms with Gasteiger partial charge in [-0.1, -0.05) is 0 Å². The number of hydrogen-bond acceptors (Lipinski definition) is 2. The number of rotatable bonds is 6. The van der Waals surface area contributed by atoms with E-state index in [9.17, 15) is 22.0 Å². The van der Waals surface area contributed by atoms with Crippen LogP contribution in [0, 0.1) is 0 Å². The average molecular weight is 258 g/mol. The third-order valence-corrected chi connectivity index (χ3v) is 1.80. The lowest BCUT2D eigenvalue weighted by atomic mass is 10.4. The Balaban J connectivity index is 2.25. The predicted octanol–water partition coefficient (Wildman–Crippen LogP) is 2.62. The van der Waals surface area contributed by atoms with Crippen molar-refractivity contribution in [2.45, 2.75) is 32.2 Å². The Morgan fingerprint density at radius 3 is 2.65 bits per heavy atom. The zero-order chi connectivity index (χ0) is 12.9. The second-order valence-electron chi connectivity index (χ2n) is 3.34. The van der Waals surface area contributed by atoms with Gasteiger partial charge in [0.1, 0.15) is 6.54 Å². The van der Waals surface area contributed by atoms with Crippen LogP contribution in [0.15, 0.2) is 12.3 Å². The van der Waals surface area contributed by atoms with Crippen LogP contribution in [0.5, 0.6) is 0 Å². The van der Waals surface area contributed by atoms with E-state index in [1.54, 1.807) is 0 Å². The first kappa shape index (κ1) is 13.9. The van der Waals surface area contributed by atoms with Gasteiger partial charge in [-0.05, 0) is 6.07 Å². The van der Waals surface area contributed by atoms with E-state index in [2.05, 4.69) is 5.10 Å². The SMILES string of the molecule is FC(F)Cn1ccc(COCCC(F)(F)F)n1. The largest absolute Gasteiger partial charge is 0.391 e. The fourth-order valence-corrected chi connectivity index (χ4v) is 1.09. The van der Waals surface area contributed by atoms with Gasteiger partial charge in [0.2, 0.25) is 0 Å². The van der Waals surface area contributed by atoms with E-state index >= 15 is 0 Å². The molecule has 1 heterocycles. The van der Waals surface area contributed by atoms with E-state index in [1.165, 1.54) is 12.3 Å². The van der Waals surface area contributed by atoms with Gasteiger partial charge in [-0.25, -0.2) is 8.78 Å². The Bertz CT molecular complexity index is 336. The minimum Gasteiger partial charge on any atom is -0.375 e. The summed E-state index contributed by atoms with van der Waals surface area (Å²) in [7, 11) is 0. The first-order valence-electron chi connectivity index (χ1n) is 4.82. The highest BCUT2D eigenvalue weighted by molar-refractivity contribution is 4.97. The number of hydrogen-bond donors (Lipinski definition) is 0. The molecule has 1 rings (SSSR count). The average Bonchev–Trinajstić information content (AvgIpc) is 2.58. The normalized spacial score (nSPS) is 12.4. The number of aromatic nitrogens is 2. The van der Waals surface area contributed by atoms with Gasteiger partial charge in [0, 0.05) is 6.20 Å². The van der Waals surface area contributed by atoms with Crippen LogP contribution in [0.1, 0.15) is 12.1 Å². The van der Waals surface area contributed by atoms with Crippen LogP contribution in [0.2, 0.25) is 0 Å². The highest BCUT2D eigenvalue weighted by atomic mass is 19.4. The standard InChI is InChI=1S/C9H11F5N2O/c10-8(11)5-16-3-1-7(15-16)6-17-4-2-9(12,13)14/h1,3,8H,2,4-6H2. The van der Waals surface area contributed by atoms with Gasteiger partial charge >= 0.3 is 6.18 Å². The molecular formula is C9H11F5N2O. The minimum atomic E-state index is -4.25. The number of ether oxygens (including phenoxy) is 1. The van der Waals surface area contributed by atoms with Gasteiger partial charge in [0.05, 0.1) is 25.3 Å². The quantitative estimate of drug-likeness (QED) is 0.579. The molecule has 3 nitrogen and oxygen atoms in total. The van der Waals surface area contributed by atoms with Gasteiger partial charge in [-0.2, -0.15) is 18.3 Å². The van der Waals surface area contributed by atoms with Crippen LogP contribution < -0.4 is 0 Å². The van der Waals surface area contributed by atoms with Gasteiger partial charge in [0.25, 0.3) is 6.43 Å². The Labute approximate surface area is 94.2 Å². The molecule has 0 saturated carbocycles. The van der Waals surface area contributed by atoms with Crippen molar-refractivity contribution in [3.05, 3.63) is 18.0 Å². The number of halogens is 5. The van der Waals surface area contributed by atoms with Crippen molar-refractivity contribution in [2.75, 3.05) is 6.61 Å². The fourth-order valence-electron chi connectivity index (χ4n) is 1.09. The third-order valence-electron chi connectivity index (χ3n) is 1.80. The maximum Gasteiger partial charge on any atom is 0.391 e. The van der Waals surface area contributed by atoms with Crippen LogP contribution in [-0.2, 0) is 17.9 Å². The molecular weight excluding hydrogens is 247 g/mol. The number of alkyl halides is 5. The summed E-state index contributed by atoms with van der Waals surface area (Å²) in [5, 5.41) is 3.71. The molecule has 0 atom stereocenters. The predicted molar refractivity (Wildman–Crippen MR) is 48.6 cm³/mol. The molecule has 0 aliphatic heterocycles. The molecule has 0 spiro atoms. The summed E-state index contributed by atoms with van der Waals surface area (Å²) in [4.78, 5) is 0. The first-order chi connectivity index (χ1) is 7.87. The third kappa shape index (κ3) is 6.20. The number of nitrogens with zero attached hydrogens (tertiary/aromatic N) is 2. The highest BCUT2D eigenvalue weighted by Gasteiger charge is 2.26. The maximum absolute atomic E-state index is 12.0. The Morgan fingerprint density at radius 2 is 2.06 bits per heavy atom. The lowest BCUT2D eigenvalue weighted by Gasteiger charge is -2.05. The molecule has 0 aliphatic rings. The summed E-state index contributed by atoms with van der Waals surface area (Å²) in [6, 6.07) is 1.43. The van der Waals surface area contributed by atoms with Crippen molar-refractivity contribution >= 4 is 0 Å². The zero-order valence-corrected chi connectivity index (χ0v) is 8.75. The molecule has 1 aromatic heterocycles. The second kappa shape index (κ2) is 5.95. The Kier molecular flexibility index (Phi) is 4.86. The van der Waals surface area contributed by atoms with Crippen molar-refractivity contribution in [1.29, 1.82) is 0 Å². The van der Waals surface area contributed by atoms with E-state index in [1.807, 2.05) is 0 Å². The summed E-state index contributed by atoms with van der Waals surface area (Å²) in [5.74, 6) is 0. The van der Waals surface area contributed by atoms with Gasteiger partial charge in [0.15, 0.2) is 0 Å². The first-order valence-corrected chi connectivity index (χ1v) is 4.82. The van der Waals surface area contributed by atoms with Crippen LogP contribution in [0.25, 0.3) is 0 Å². The minimum absolute atomic E-state index is 0.119. The summed E-state index contributed by atoms with van der Waals surface area (Å²) >= 11 is 0. The van der Waals surface area contributed by atoms with Crippen LogP contribution in [0.4, 0.5) is 22.0 Å². The van der Waals surface area contributed by atoms with E-state index < -0.39 is 32.2 Å². The van der Waals surface area contributed by atoms with Crippen LogP contribution in [0.3, 0.4) is 0 Å². The highest BCUT2D eigenvalue weighted by Crippen LogP contribution is 2.19. The van der Waals surface area contributed by atoms with Crippen molar-refractivity contribution < 1.29 is 26.7 Å². The molecule has 0 bridgehead atoms. The fraction of sp³-hybridized carbons (Fsp3) is 0.667. The van der Waals surface area contributed by atoms with Crippen molar-refractivity contribution in [2.24, 2.45) is 0 Å². The van der Waals surface area contributed by atoms with Crippen molar-refractivity contribution in [1.82, 2.24) is 9.78 Å². The van der Waals surface area contributed by atoms with E-state index in [4.69, 9.17) is 4.74 Å². The van der Waals surface area contributed by atoms with Gasteiger partial charge < -0.3 is 4.74 Å². The molecule has 0 aliphatic carbocycles. The van der Waals surface area contributed by atoms with Gasteiger partial charge in [-0.15, -0.1) is 0 Å². The smallest absolute Gasteiger partial charge is 0.375 e. The van der Waals surface area contributed by atoms with Crippen molar-refractivity contribution in [3.8, 4) is 0 Å². The molecule has 0 N–H and O–H groups in total. The second-order valence-corrected chi connectivity index (χ2v) is 3.34. The summed E-state index contributed by atoms with van der Waals surface area (Å²) in [6.45, 7) is -1.12. The molecule has 0 fully saturated rings. The topological polar surface area (TPSA) is 27.1 Å². The van der Waals surface area contributed by atoms with E-state index in [0.29, 0.717) is 5.69 Å². The van der Waals surface area contributed by atoms with Gasteiger partial charge in [-0.3, -0.25) is 4.68 Å². The molecule has 98 valence electrons. The van der Waals surface area contributed by atoms with Crippen LogP contribution >= 0.6 is 0 Å². The zero-order valence-electron chi connectivity index (χ0n) is 8.75. The molecule has 8 heteroatoms. The summed E-state index contributed by atoms with van der Waals surface area (Å²) in [6.07, 6.45) is -6.48. The van der Waals surface area contributed by atoms with Crippen molar-refractivity contribution in [3.63, 3.8) is 0 Å². The Morgan fingerprint density at radius 1 is 1.35 bits per heavy atom. The molecule has 17 heavy (non-hydrogen) atoms. The lowest BCUT2D eigenvalue weighted by molar-refractivity contribution is -0.146. The Hall–Kier alpha value is -1.18. The molecule has 1 aromatic rings.